The van der Waals surface area contributed by atoms with Crippen molar-refractivity contribution in [3.05, 3.63) is 124 Å². The summed E-state index contributed by atoms with van der Waals surface area (Å²) in [5.74, 6) is 0. The highest BCUT2D eigenvalue weighted by atomic mass is 15.1. The molecule has 1 nitrogen and oxygen atoms in total. The molecule has 154 valence electrons. The van der Waals surface area contributed by atoms with Gasteiger partial charge in [-0.3, -0.25) is 0 Å². The highest BCUT2D eigenvalue weighted by Crippen LogP contribution is 2.36. The van der Waals surface area contributed by atoms with Gasteiger partial charge in [0.2, 0.25) is 0 Å². The van der Waals surface area contributed by atoms with Gasteiger partial charge in [-0.2, -0.15) is 0 Å². The lowest BCUT2D eigenvalue weighted by Crippen LogP contribution is -2.11. The molecule has 0 saturated carbocycles. The minimum absolute atomic E-state index is 1.16. The van der Waals surface area contributed by atoms with E-state index >= 15 is 0 Å². The molecule has 0 bridgehead atoms. The number of aryl methyl sites for hydroxylation is 4. The summed E-state index contributed by atoms with van der Waals surface area (Å²) in [4.78, 5) is 2.35. The van der Waals surface area contributed by atoms with Crippen molar-refractivity contribution in [1.82, 2.24) is 0 Å². The topological polar surface area (TPSA) is 3.24 Å². The Balaban J connectivity index is 1.74. The minimum atomic E-state index is 1.16. The second-order valence-electron chi connectivity index (χ2n) is 8.36. The van der Waals surface area contributed by atoms with Crippen LogP contribution >= 0.6 is 0 Å². The van der Waals surface area contributed by atoms with Crippen molar-refractivity contribution >= 4 is 29.2 Å². The van der Waals surface area contributed by atoms with Gasteiger partial charge in [-0.05, 0) is 97.5 Å². The summed E-state index contributed by atoms with van der Waals surface area (Å²) in [5, 5.41) is 0. The zero-order chi connectivity index (χ0) is 21.8. The molecular weight excluding hydrogens is 374 g/mol. The summed E-state index contributed by atoms with van der Waals surface area (Å²) in [6, 6.07) is 32.7. The monoisotopic (exact) mass is 403 g/mol. The number of benzene rings is 4. The molecule has 4 aromatic rings. The molecule has 0 N–H and O–H groups in total. The first-order chi connectivity index (χ1) is 15.0. The first kappa shape index (κ1) is 20.7. The third-order valence-electron chi connectivity index (χ3n) is 5.35. The molecule has 0 unspecified atom stereocenters. The highest BCUT2D eigenvalue weighted by Gasteiger charge is 2.14. The van der Waals surface area contributed by atoms with Crippen molar-refractivity contribution in [1.29, 1.82) is 0 Å². The fourth-order valence-electron chi connectivity index (χ4n) is 4.10. The van der Waals surface area contributed by atoms with Crippen LogP contribution in [0.5, 0.6) is 0 Å². The van der Waals surface area contributed by atoms with Gasteiger partial charge >= 0.3 is 0 Å². The Kier molecular flexibility index (Phi) is 6.04. The largest absolute Gasteiger partial charge is 0.310 e. The molecule has 0 aromatic heterocycles. The van der Waals surface area contributed by atoms with Crippen LogP contribution in [0.2, 0.25) is 0 Å². The molecule has 0 radical (unpaired) electrons. The van der Waals surface area contributed by atoms with Crippen LogP contribution in [0.15, 0.2) is 91.0 Å². The molecule has 0 atom stereocenters. The van der Waals surface area contributed by atoms with Crippen molar-refractivity contribution in [3.63, 3.8) is 0 Å². The van der Waals surface area contributed by atoms with Gasteiger partial charge < -0.3 is 4.90 Å². The molecule has 0 saturated heterocycles. The average molecular weight is 404 g/mol. The van der Waals surface area contributed by atoms with Crippen LogP contribution in [0, 0.1) is 27.7 Å². The maximum absolute atomic E-state index is 2.35. The molecule has 0 aliphatic heterocycles. The predicted octanol–water partition coefficient (Wildman–Crippen LogP) is 8.56. The number of nitrogens with zero attached hydrogens (tertiary/aromatic N) is 1. The summed E-state index contributed by atoms with van der Waals surface area (Å²) in [6.45, 7) is 8.64. The van der Waals surface area contributed by atoms with Gasteiger partial charge in [-0.15, -0.1) is 0 Å². The van der Waals surface area contributed by atoms with Crippen LogP contribution in [-0.2, 0) is 0 Å². The maximum Gasteiger partial charge on any atom is 0.0466 e. The standard InChI is InChI=1S/C30H29N/c1-22-16-23(2)19-29(18-22)31(30-20-24(3)17-25(4)21-30)28-14-12-27(13-15-28)11-10-26-8-6-5-7-9-26/h5-21H,1-4H3/b11-10+. The molecule has 0 amide bonds. The molecule has 0 aliphatic carbocycles. The summed E-state index contributed by atoms with van der Waals surface area (Å²) < 4.78 is 0. The van der Waals surface area contributed by atoms with Gasteiger partial charge in [0, 0.05) is 17.1 Å². The summed E-state index contributed by atoms with van der Waals surface area (Å²) in [6.07, 6.45) is 4.32. The first-order valence-electron chi connectivity index (χ1n) is 10.8. The number of anilines is 3. The normalized spacial score (nSPS) is 11.1. The van der Waals surface area contributed by atoms with Crippen LogP contribution in [0.4, 0.5) is 17.1 Å². The molecule has 4 rings (SSSR count). The third-order valence-corrected chi connectivity index (χ3v) is 5.35. The Morgan fingerprint density at radius 2 is 0.871 bits per heavy atom. The minimum Gasteiger partial charge on any atom is -0.310 e. The molecule has 0 aliphatic rings. The maximum atomic E-state index is 2.35. The van der Waals surface area contributed by atoms with Gasteiger partial charge in [0.15, 0.2) is 0 Å². The summed E-state index contributed by atoms with van der Waals surface area (Å²) in [7, 11) is 0. The Bertz CT molecular complexity index is 1110. The Labute approximate surface area is 186 Å². The van der Waals surface area contributed by atoms with Gasteiger partial charge in [-0.25, -0.2) is 0 Å². The van der Waals surface area contributed by atoms with E-state index in [2.05, 4.69) is 130 Å². The lowest BCUT2D eigenvalue weighted by molar-refractivity contribution is 1.23. The Morgan fingerprint density at radius 3 is 1.32 bits per heavy atom. The van der Waals surface area contributed by atoms with Crippen LogP contribution < -0.4 is 4.90 Å². The van der Waals surface area contributed by atoms with E-state index in [1.807, 2.05) is 6.07 Å². The molecule has 0 fully saturated rings. The Hall–Kier alpha value is -3.58. The smallest absolute Gasteiger partial charge is 0.0466 e. The van der Waals surface area contributed by atoms with E-state index < -0.39 is 0 Å². The number of rotatable bonds is 5. The van der Waals surface area contributed by atoms with E-state index in [9.17, 15) is 0 Å². The fraction of sp³-hybridized carbons (Fsp3) is 0.133. The zero-order valence-electron chi connectivity index (χ0n) is 18.8. The van der Waals surface area contributed by atoms with E-state index in [1.165, 1.54) is 44.8 Å². The Morgan fingerprint density at radius 1 is 0.452 bits per heavy atom. The van der Waals surface area contributed by atoms with Crippen molar-refractivity contribution < 1.29 is 0 Å². The SMILES string of the molecule is Cc1cc(C)cc(N(c2ccc(/C=C/c3ccccc3)cc2)c2cc(C)cc(C)c2)c1. The average Bonchev–Trinajstić information content (AvgIpc) is 2.73. The van der Waals surface area contributed by atoms with E-state index in [0.29, 0.717) is 0 Å². The lowest BCUT2D eigenvalue weighted by Gasteiger charge is -2.27. The van der Waals surface area contributed by atoms with Crippen LogP contribution in [-0.4, -0.2) is 0 Å². The predicted molar refractivity (Wildman–Crippen MR) is 135 cm³/mol. The molecule has 0 spiro atoms. The van der Waals surface area contributed by atoms with E-state index in [1.54, 1.807) is 0 Å². The van der Waals surface area contributed by atoms with Gasteiger partial charge in [0.1, 0.15) is 0 Å². The van der Waals surface area contributed by atoms with Crippen LogP contribution in [0.1, 0.15) is 33.4 Å². The van der Waals surface area contributed by atoms with E-state index in [4.69, 9.17) is 0 Å². The van der Waals surface area contributed by atoms with E-state index in [0.717, 1.165) is 5.69 Å². The molecule has 4 aromatic carbocycles. The molecule has 31 heavy (non-hydrogen) atoms. The zero-order valence-corrected chi connectivity index (χ0v) is 18.8. The lowest BCUT2D eigenvalue weighted by atomic mass is 10.1. The van der Waals surface area contributed by atoms with Gasteiger partial charge in [0.05, 0.1) is 0 Å². The summed E-state index contributed by atoms with van der Waals surface area (Å²) >= 11 is 0. The van der Waals surface area contributed by atoms with E-state index in [-0.39, 0.29) is 0 Å². The van der Waals surface area contributed by atoms with Gasteiger partial charge in [-0.1, -0.05) is 66.7 Å². The highest BCUT2D eigenvalue weighted by molar-refractivity contribution is 5.79. The van der Waals surface area contributed by atoms with Crippen molar-refractivity contribution in [2.75, 3.05) is 4.90 Å². The van der Waals surface area contributed by atoms with Gasteiger partial charge in [0.25, 0.3) is 0 Å². The van der Waals surface area contributed by atoms with Crippen molar-refractivity contribution in [3.8, 4) is 0 Å². The number of hydrogen-bond donors (Lipinski definition) is 0. The van der Waals surface area contributed by atoms with Crippen LogP contribution in [0.25, 0.3) is 12.2 Å². The van der Waals surface area contributed by atoms with Crippen LogP contribution in [0.3, 0.4) is 0 Å². The third kappa shape index (κ3) is 5.13. The quantitative estimate of drug-likeness (QED) is 0.302. The summed E-state index contributed by atoms with van der Waals surface area (Å²) in [5.41, 5.74) is 11.0. The number of hydrogen-bond acceptors (Lipinski definition) is 1. The fourth-order valence-corrected chi connectivity index (χ4v) is 4.10. The molecule has 1 heteroatoms. The molecule has 0 heterocycles. The van der Waals surface area contributed by atoms with Crippen molar-refractivity contribution in [2.45, 2.75) is 27.7 Å². The first-order valence-corrected chi connectivity index (χ1v) is 10.8. The molecular formula is C30H29N. The second kappa shape index (κ2) is 9.06. The van der Waals surface area contributed by atoms with Crippen molar-refractivity contribution in [2.24, 2.45) is 0 Å². The second-order valence-corrected chi connectivity index (χ2v) is 8.36.